The number of sulfonamides is 1. The summed E-state index contributed by atoms with van der Waals surface area (Å²) in [5.74, 6) is -0.953. The molecule has 0 atom stereocenters. The van der Waals surface area contributed by atoms with Crippen molar-refractivity contribution in [3.8, 4) is 0 Å². The molecule has 0 aliphatic rings. The van der Waals surface area contributed by atoms with Gasteiger partial charge in [-0.25, -0.2) is 17.9 Å². The molecule has 0 spiro atoms. The number of rotatable bonds is 7. The Morgan fingerprint density at radius 1 is 1.40 bits per heavy atom. The second kappa shape index (κ2) is 6.54. The van der Waals surface area contributed by atoms with Gasteiger partial charge in [0.15, 0.2) is 0 Å². The summed E-state index contributed by atoms with van der Waals surface area (Å²) >= 11 is 0. The molecule has 0 aliphatic heterocycles. The van der Waals surface area contributed by atoms with Crippen LogP contribution in [0.15, 0.2) is 11.6 Å². The van der Waals surface area contributed by atoms with Crippen LogP contribution in [0.5, 0.6) is 0 Å². The molecular weight excluding hydrogens is 220 g/mol. The lowest BCUT2D eigenvalue weighted by atomic mass is 10.3. The van der Waals surface area contributed by atoms with Gasteiger partial charge in [-0.2, -0.15) is 0 Å². The van der Waals surface area contributed by atoms with Gasteiger partial charge in [0, 0.05) is 25.2 Å². The highest BCUT2D eigenvalue weighted by atomic mass is 32.2. The van der Waals surface area contributed by atoms with Crippen molar-refractivity contribution in [3.05, 3.63) is 11.6 Å². The number of carbonyl (C=O) groups is 1. The molecule has 0 rings (SSSR count). The molecule has 0 unspecified atom stereocenters. The first-order valence-electron chi connectivity index (χ1n) is 4.38. The van der Waals surface area contributed by atoms with E-state index in [-0.39, 0.29) is 5.57 Å². The van der Waals surface area contributed by atoms with E-state index in [2.05, 4.69) is 10.0 Å². The van der Waals surface area contributed by atoms with E-state index in [0.29, 0.717) is 19.6 Å². The fourth-order valence-electron chi connectivity index (χ4n) is 0.739. The summed E-state index contributed by atoms with van der Waals surface area (Å²) in [5, 5.41) is 11.4. The van der Waals surface area contributed by atoms with Crippen LogP contribution < -0.4 is 10.0 Å². The van der Waals surface area contributed by atoms with Gasteiger partial charge < -0.3 is 10.4 Å². The zero-order valence-electron chi connectivity index (χ0n) is 8.78. The van der Waals surface area contributed by atoms with Crippen molar-refractivity contribution in [3.63, 3.8) is 0 Å². The maximum Gasteiger partial charge on any atom is 0.330 e. The summed E-state index contributed by atoms with van der Waals surface area (Å²) in [7, 11) is -3.14. The van der Waals surface area contributed by atoms with E-state index in [9.17, 15) is 13.2 Å². The number of nitrogens with one attached hydrogen (secondary N) is 2. The Balaban J connectivity index is 3.57. The molecule has 0 fully saturated rings. The van der Waals surface area contributed by atoms with Gasteiger partial charge in [0.05, 0.1) is 6.26 Å². The molecule has 0 aromatic heterocycles. The van der Waals surface area contributed by atoms with Crippen molar-refractivity contribution in [2.75, 3.05) is 25.9 Å². The summed E-state index contributed by atoms with van der Waals surface area (Å²) < 4.78 is 23.6. The Hall–Kier alpha value is -0.920. The fourth-order valence-corrected chi connectivity index (χ4v) is 1.21. The standard InChI is InChI=1S/C8H16N2O4S/c1-7(8(11)12)3-4-9-5-6-10-15(2,13)14/h3,9-10H,4-6H2,1-2H3,(H,11,12). The smallest absolute Gasteiger partial charge is 0.330 e. The molecule has 0 aromatic rings. The third kappa shape index (κ3) is 9.39. The summed E-state index contributed by atoms with van der Waals surface area (Å²) in [6.45, 7) is 2.65. The van der Waals surface area contributed by atoms with Gasteiger partial charge in [0.1, 0.15) is 0 Å². The minimum Gasteiger partial charge on any atom is -0.478 e. The lowest BCUT2D eigenvalue weighted by Crippen LogP contribution is -2.31. The van der Waals surface area contributed by atoms with Crippen LogP contribution >= 0.6 is 0 Å². The van der Waals surface area contributed by atoms with Crippen molar-refractivity contribution >= 4 is 16.0 Å². The van der Waals surface area contributed by atoms with E-state index in [0.717, 1.165) is 6.26 Å². The number of aliphatic carboxylic acids is 1. The molecule has 15 heavy (non-hydrogen) atoms. The second-order valence-electron chi connectivity index (χ2n) is 3.06. The Morgan fingerprint density at radius 3 is 2.47 bits per heavy atom. The SMILES string of the molecule is CC(=CCNCCNS(C)(=O)=O)C(=O)O. The molecule has 0 heterocycles. The van der Waals surface area contributed by atoms with Crippen molar-refractivity contribution in [2.24, 2.45) is 0 Å². The van der Waals surface area contributed by atoms with Crippen LogP contribution in [-0.2, 0) is 14.8 Å². The molecule has 88 valence electrons. The summed E-state index contributed by atoms with van der Waals surface area (Å²) in [5.41, 5.74) is 0.263. The predicted octanol–water partition coefficient (Wildman–Crippen LogP) is -0.844. The maximum absolute atomic E-state index is 10.6. The van der Waals surface area contributed by atoms with E-state index in [1.165, 1.54) is 13.0 Å². The lowest BCUT2D eigenvalue weighted by Gasteiger charge is -2.02. The van der Waals surface area contributed by atoms with Gasteiger partial charge >= 0.3 is 5.97 Å². The number of carboxylic acid groups (broad SMARTS) is 1. The van der Waals surface area contributed by atoms with Crippen molar-refractivity contribution in [1.29, 1.82) is 0 Å². The first kappa shape index (κ1) is 14.1. The number of hydrogen-bond donors (Lipinski definition) is 3. The molecule has 0 radical (unpaired) electrons. The second-order valence-corrected chi connectivity index (χ2v) is 4.90. The molecule has 0 aromatic carbocycles. The minimum atomic E-state index is -3.14. The van der Waals surface area contributed by atoms with Crippen LogP contribution in [0.2, 0.25) is 0 Å². The van der Waals surface area contributed by atoms with Crippen molar-refractivity contribution in [1.82, 2.24) is 10.0 Å². The zero-order valence-corrected chi connectivity index (χ0v) is 9.60. The molecule has 3 N–H and O–H groups in total. The van der Waals surface area contributed by atoms with Crippen LogP contribution in [0.3, 0.4) is 0 Å². The monoisotopic (exact) mass is 236 g/mol. The Morgan fingerprint density at radius 2 is 2.00 bits per heavy atom. The average Bonchev–Trinajstić information content (AvgIpc) is 2.08. The van der Waals surface area contributed by atoms with Crippen LogP contribution in [0.4, 0.5) is 0 Å². The molecule has 0 saturated heterocycles. The molecule has 0 amide bonds. The zero-order chi connectivity index (χ0) is 11.9. The largest absolute Gasteiger partial charge is 0.478 e. The lowest BCUT2D eigenvalue weighted by molar-refractivity contribution is -0.132. The topological polar surface area (TPSA) is 95.5 Å². The highest BCUT2D eigenvalue weighted by Gasteiger charge is 1.99. The molecule has 0 bridgehead atoms. The van der Waals surface area contributed by atoms with E-state index in [1.54, 1.807) is 0 Å². The first-order valence-corrected chi connectivity index (χ1v) is 6.27. The normalized spacial score (nSPS) is 12.8. The van der Waals surface area contributed by atoms with E-state index in [4.69, 9.17) is 5.11 Å². The molecule has 7 heteroatoms. The summed E-state index contributed by atoms with van der Waals surface area (Å²) in [4.78, 5) is 10.4. The highest BCUT2D eigenvalue weighted by molar-refractivity contribution is 7.88. The van der Waals surface area contributed by atoms with Gasteiger partial charge in [0.2, 0.25) is 10.0 Å². The van der Waals surface area contributed by atoms with Gasteiger partial charge in [-0.1, -0.05) is 6.08 Å². The Kier molecular flexibility index (Phi) is 6.14. The average molecular weight is 236 g/mol. The Bertz CT molecular complexity index is 335. The van der Waals surface area contributed by atoms with Gasteiger partial charge in [-0.3, -0.25) is 0 Å². The van der Waals surface area contributed by atoms with E-state index >= 15 is 0 Å². The van der Waals surface area contributed by atoms with Crippen LogP contribution in [0.25, 0.3) is 0 Å². The van der Waals surface area contributed by atoms with Crippen molar-refractivity contribution in [2.45, 2.75) is 6.92 Å². The Labute approximate surface area is 89.4 Å². The van der Waals surface area contributed by atoms with Gasteiger partial charge in [-0.15, -0.1) is 0 Å². The fraction of sp³-hybridized carbons (Fsp3) is 0.625. The first-order chi connectivity index (χ1) is 6.83. The van der Waals surface area contributed by atoms with Crippen molar-refractivity contribution < 1.29 is 18.3 Å². The van der Waals surface area contributed by atoms with Crippen LogP contribution in [0, 0.1) is 0 Å². The third-order valence-electron chi connectivity index (χ3n) is 1.56. The molecule has 0 saturated carbocycles. The van der Waals surface area contributed by atoms with E-state index in [1.807, 2.05) is 0 Å². The number of hydrogen-bond acceptors (Lipinski definition) is 4. The molecular formula is C8H16N2O4S. The van der Waals surface area contributed by atoms with Gasteiger partial charge in [-0.05, 0) is 6.92 Å². The third-order valence-corrected chi connectivity index (χ3v) is 2.28. The molecule has 0 aliphatic carbocycles. The number of carboxylic acids is 1. The van der Waals surface area contributed by atoms with E-state index < -0.39 is 16.0 Å². The van der Waals surface area contributed by atoms with Crippen LogP contribution in [0.1, 0.15) is 6.92 Å². The predicted molar refractivity (Wildman–Crippen MR) is 57.1 cm³/mol. The van der Waals surface area contributed by atoms with Crippen LogP contribution in [-0.4, -0.2) is 45.4 Å². The summed E-state index contributed by atoms with van der Waals surface area (Å²) in [6.07, 6.45) is 2.62. The van der Waals surface area contributed by atoms with Gasteiger partial charge in [0.25, 0.3) is 0 Å². The maximum atomic E-state index is 10.6. The minimum absolute atomic E-state index is 0.263. The quantitative estimate of drug-likeness (QED) is 0.395. The summed E-state index contributed by atoms with van der Waals surface area (Å²) in [6, 6.07) is 0. The molecule has 6 nitrogen and oxygen atoms in total. The highest BCUT2D eigenvalue weighted by Crippen LogP contribution is 1.89.